The summed E-state index contributed by atoms with van der Waals surface area (Å²) in [5.74, 6) is -3.78. The van der Waals surface area contributed by atoms with Crippen LogP contribution in [0.4, 0.5) is 4.79 Å². The fraction of sp³-hybridized carbons (Fsp3) is 0.250. The molecule has 1 aliphatic rings. The Morgan fingerprint density at radius 3 is 2.00 bits per heavy atom. The van der Waals surface area contributed by atoms with Gasteiger partial charge >= 0.3 is 12.1 Å². The number of amides is 4. The van der Waals surface area contributed by atoms with Crippen molar-refractivity contribution in [3.63, 3.8) is 0 Å². The molecule has 3 aromatic carbocycles. The van der Waals surface area contributed by atoms with Crippen molar-refractivity contribution in [2.75, 3.05) is 13.1 Å². The van der Waals surface area contributed by atoms with Crippen LogP contribution in [0.1, 0.15) is 16.7 Å². The molecule has 1 saturated heterocycles. The van der Waals surface area contributed by atoms with E-state index < -0.39 is 54.5 Å². The quantitative estimate of drug-likeness (QED) is 0.208. The molecule has 0 bridgehead atoms. The zero-order valence-electron chi connectivity index (χ0n) is 23.7. The standard InChI is InChI=1S/C32H32N4O8/c37-20-26(31(41)42)33-28(38)19-36-27(16-22-10-4-1-5-11-22)30(40)35(17-23-12-6-2-7-13-23)18-25(29(36)39)34-32(43)44-21-24-14-8-3-9-15-24/h1-15,20,25-27H,16-19,21H2,(H,33,38)(H,34,43)(H,41,42)/t25-,26+,27-/m0/s1. The monoisotopic (exact) mass is 600 g/mol. The van der Waals surface area contributed by atoms with Gasteiger partial charge in [0.15, 0.2) is 12.3 Å². The molecule has 3 atom stereocenters. The van der Waals surface area contributed by atoms with Crippen molar-refractivity contribution >= 4 is 36.1 Å². The van der Waals surface area contributed by atoms with Crippen LogP contribution in [-0.4, -0.2) is 82.2 Å². The highest BCUT2D eigenvalue weighted by molar-refractivity contribution is 5.99. The third kappa shape index (κ3) is 8.51. The van der Waals surface area contributed by atoms with Crippen LogP contribution in [0.15, 0.2) is 91.0 Å². The maximum atomic E-state index is 14.1. The van der Waals surface area contributed by atoms with E-state index >= 15 is 0 Å². The van der Waals surface area contributed by atoms with Crippen LogP contribution in [0.3, 0.4) is 0 Å². The molecular formula is C32H32N4O8. The van der Waals surface area contributed by atoms with Crippen molar-refractivity contribution < 1.29 is 38.6 Å². The average molecular weight is 601 g/mol. The van der Waals surface area contributed by atoms with Crippen LogP contribution in [-0.2, 0) is 48.3 Å². The lowest BCUT2D eigenvalue weighted by molar-refractivity contribution is -0.146. The Kier molecular flexibility index (Phi) is 10.8. The SMILES string of the molecule is O=C[C@@H](NC(=O)CN1C(=O)[C@@H](NC(=O)OCc2ccccc2)CN(Cc2ccccc2)C(=O)[C@@H]1Cc1ccccc1)C(=O)O. The van der Waals surface area contributed by atoms with E-state index in [1.807, 2.05) is 36.4 Å². The summed E-state index contributed by atoms with van der Waals surface area (Å²) in [6, 6.07) is 22.5. The maximum Gasteiger partial charge on any atom is 0.408 e. The Morgan fingerprint density at radius 2 is 1.43 bits per heavy atom. The summed E-state index contributed by atoms with van der Waals surface area (Å²) in [5, 5.41) is 13.8. The molecule has 12 heteroatoms. The Hall–Kier alpha value is -5.52. The number of aldehydes is 1. The minimum Gasteiger partial charge on any atom is -0.479 e. The number of hydrogen-bond donors (Lipinski definition) is 3. The maximum absolute atomic E-state index is 14.1. The number of alkyl carbamates (subject to hydrolysis) is 1. The summed E-state index contributed by atoms with van der Waals surface area (Å²) < 4.78 is 5.33. The average Bonchev–Trinajstić information content (AvgIpc) is 3.11. The zero-order chi connectivity index (χ0) is 31.5. The predicted molar refractivity (Wildman–Crippen MR) is 157 cm³/mol. The molecule has 0 saturated carbocycles. The molecule has 1 aliphatic heterocycles. The first-order chi connectivity index (χ1) is 21.2. The van der Waals surface area contributed by atoms with E-state index in [9.17, 15) is 33.9 Å². The van der Waals surface area contributed by atoms with Crippen molar-refractivity contribution in [3.8, 4) is 0 Å². The van der Waals surface area contributed by atoms with Gasteiger partial charge in [-0.2, -0.15) is 0 Å². The molecule has 0 spiro atoms. The van der Waals surface area contributed by atoms with Crippen LogP contribution in [0.25, 0.3) is 0 Å². The van der Waals surface area contributed by atoms with E-state index in [1.165, 1.54) is 4.90 Å². The first-order valence-electron chi connectivity index (χ1n) is 13.9. The Bertz CT molecular complexity index is 1470. The van der Waals surface area contributed by atoms with Gasteiger partial charge in [0.25, 0.3) is 0 Å². The molecule has 4 amide bonds. The second-order valence-electron chi connectivity index (χ2n) is 10.2. The van der Waals surface area contributed by atoms with Crippen molar-refractivity contribution in [2.24, 2.45) is 0 Å². The molecule has 3 N–H and O–H groups in total. The molecule has 1 heterocycles. The van der Waals surface area contributed by atoms with E-state index in [4.69, 9.17) is 4.74 Å². The van der Waals surface area contributed by atoms with E-state index in [1.54, 1.807) is 54.6 Å². The molecule has 44 heavy (non-hydrogen) atoms. The zero-order valence-corrected chi connectivity index (χ0v) is 23.7. The number of carbonyl (C=O) groups is 6. The summed E-state index contributed by atoms with van der Waals surface area (Å²) >= 11 is 0. The third-order valence-corrected chi connectivity index (χ3v) is 6.98. The normalized spacial score (nSPS) is 17.3. The topological polar surface area (TPSA) is 162 Å². The first-order valence-corrected chi connectivity index (χ1v) is 13.9. The number of carboxylic acid groups (broad SMARTS) is 1. The van der Waals surface area contributed by atoms with Crippen molar-refractivity contribution in [2.45, 2.75) is 37.7 Å². The van der Waals surface area contributed by atoms with Gasteiger partial charge in [-0.05, 0) is 16.7 Å². The molecule has 3 aromatic rings. The molecule has 0 aliphatic carbocycles. The number of carboxylic acids is 1. The van der Waals surface area contributed by atoms with Crippen LogP contribution < -0.4 is 10.6 Å². The summed E-state index contributed by atoms with van der Waals surface area (Å²) in [7, 11) is 0. The summed E-state index contributed by atoms with van der Waals surface area (Å²) in [5.41, 5.74) is 2.20. The highest BCUT2D eigenvalue weighted by Crippen LogP contribution is 2.20. The number of aliphatic carboxylic acids is 1. The fourth-order valence-corrected chi connectivity index (χ4v) is 4.80. The molecule has 4 rings (SSSR count). The highest BCUT2D eigenvalue weighted by atomic mass is 16.5. The number of hydrogen-bond acceptors (Lipinski definition) is 7. The lowest BCUT2D eigenvalue weighted by atomic mass is 10.0. The molecule has 0 radical (unpaired) electrons. The number of nitrogens with one attached hydrogen (secondary N) is 2. The van der Waals surface area contributed by atoms with Crippen LogP contribution in [0, 0.1) is 0 Å². The first kappa shape index (κ1) is 31.4. The third-order valence-electron chi connectivity index (χ3n) is 6.98. The predicted octanol–water partition coefficient (Wildman–Crippen LogP) is 1.53. The van der Waals surface area contributed by atoms with Gasteiger partial charge in [0.05, 0.1) is 6.54 Å². The van der Waals surface area contributed by atoms with Gasteiger partial charge in [-0.3, -0.25) is 14.4 Å². The van der Waals surface area contributed by atoms with Gasteiger partial charge < -0.3 is 35.1 Å². The van der Waals surface area contributed by atoms with Gasteiger partial charge in [0.1, 0.15) is 25.2 Å². The highest BCUT2D eigenvalue weighted by Gasteiger charge is 2.43. The minimum atomic E-state index is -1.84. The Labute approximate surface area is 253 Å². The van der Waals surface area contributed by atoms with E-state index in [0.717, 1.165) is 16.0 Å². The molecule has 0 unspecified atom stereocenters. The van der Waals surface area contributed by atoms with Crippen LogP contribution in [0.2, 0.25) is 0 Å². The van der Waals surface area contributed by atoms with E-state index in [0.29, 0.717) is 5.56 Å². The summed E-state index contributed by atoms with van der Waals surface area (Å²) in [6.45, 7) is -0.911. The van der Waals surface area contributed by atoms with Gasteiger partial charge in [-0.25, -0.2) is 9.59 Å². The van der Waals surface area contributed by atoms with E-state index in [-0.39, 0.29) is 32.4 Å². The van der Waals surface area contributed by atoms with Crippen molar-refractivity contribution in [1.29, 1.82) is 0 Å². The number of nitrogens with zero attached hydrogens (tertiary/aromatic N) is 2. The largest absolute Gasteiger partial charge is 0.479 e. The number of ether oxygens (including phenoxy) is 1. The molecule has 12 nitrogen and oxygen atoms in total. The van der Waals surface area contributed by atoms with Gasteiger partial charge in [0, 0.05) is 13.0 Å². The Morgan fingerprint density at radius 1 is 0.864 bits per heavy atom. The molecular weight excluding hydrogens is 568 g/mol. The van der Waals surface area contributed by atoms with Crippen LogP contribution >= 0.6 is 0 Å². The number of carbonyl (C=O) groups excluding carboxylic acids is 5. The molecule has 1 fully saturated rings. The van der Waals surface area contributed by atoms with Crippen molar-refractivity contribution in [1.82, 2.24) is 20.4 Å². The lowest BCUT2D eigenvalue weighted by Gasteiger charge is -2.31. The van der Waals surface area contributed by atoms with Gasteiger partial charge in [-0.1, -0.05) is 91.0 Å². The van der Waals surface area contributed by atoms with E-state index in [2.05, 4.69) is 10.6 Å². The minimum absolute atomic E-state index is 0.0329. The summed E-state index contributed by atoms with van der Waals surface area (Å²) in [6.07, 6.45) is -0.825. The Balaban J connectivity index is 1.65. The second-order valence-corrected chi connectivity index (χ2v) is 10.2. The smallest absolute Gasteiger partial charge is 0.408 e. The van der Waals surface area contributed by atoms with Crippen LogP contribution in [0.5, 0.6) is 0 Å². The van der Waals surface area contributed by atoms with Gasteiger partial charge in [-0.15, -0.1) is 0 Å². The van der Waals surface area contributed by atoms with Gasteiger partial charge in [0.2, 0.25) is 17.7 Å². The second kappa shape index (κ2) is 15.1. The molecule has 0 aromatic heterocycles. The van der Waals surface area contributed by atoms with Crippen molar-refractivity contribution in [3.05, 3.63) is 108 Å². The fourth-order valence-electron chi connectivity index (χ4n) is 4.80. The summed E-state index contributed by atoms with van der Waals surface area (Å²) in [4.78, 5) is 79.0. The lowest BCUT2D eigenvalue weighted by Crippen LogP contribution is -2.56. The number of rotatable bonds is 12. The number of benzene rings is 3. The molecule has 228 valence electrons.